The van der Waals surface area contributed by atoms with Crippen molar-refractivity contribution in [1.29, 1.82) is 0 Å². The Morgan fingerprint density at radius 2 is 1.87 bits per heavy atom. The number of hydrogen-bond donors (Lipinski definition) is 1. The van der Waals surface area contributed by atoms with Gasteiger partial charge in [-0.1, -0.05) is 19.1 Å². The van der Waals surface area contributed by atoms with Crippen LogP contribution in [0.4, 0.5) is 18.9 Å². The first-order valence-electron chi connectivity index (χ1n) is 4.91. The predicted molar refractivity (Wildman–Crippen MR) is 52.6 cm³/mol. The number of para-hydroxylation sites is 1. The lowest BCUT2D eigenvalue weighted by atomic mass is 10.1. The molecule has 0 amide bonds. The van der Waals surface area contributed by atoms with Crippen molar-refractivity contribution in [3.63, 3.8) is 0 Å². The van der Waals surface area contributed by atoms with Crippen molar-refractivity contribution in [2.24, 2.45) is 5.92 Å². The first-order chi connectivity index (χ1) is 6.98. The van der Waals surface area contributed by atoms with E-state index in [9.17, 15) is 13.2 Å². The first kappa shape index (κ1) is 10.3. The van der Waals surface area contributed by atoms with E-state index in [2.05, 4.69) is 5.32 Å². The largest absolute Gasteiger partial charge is 0.418 e. The molecule has 15 heavy (non-hydrogen) atoms. The van der Waals surface area contributed by atoms with E-state index in [0.717, 1.165) is 12.5 Å². The molecule has 2 atom stereocenters. The Kier molecular flexibility index (Phi) is 2.37. The van der Waals surface area contributed by atoms with Crippen LogP contribution in [0.3, 0.4) is 0 Å². The lowest BCUT2D eigenvalue weighted by molar-refractivity contribution is -0.136. The Balaban J connectivity index is 2.22. The zero-order valence-corrected chi connectivity index (χ0v) is 8.31. The third-order valence-corrected chi connectivity index (χ3v) is 2.68. The summed E-state index contributed by atoms with van der Waals surface area (Å²) in [5.74, 6) is 0.478. The molecule has 2 unspecified atom stereocenters. The van der Waals surface area contributed by atoms with Gasteiger partial charge in [0.05, 0.1) is 5.56 Å². The summed E-state index contributed by atoms with van der Waals surface area (Å²) in [7, 11) is 0. The van der Waals surface area contributed by atoms with Crippen LogP contribution in [0.25, 0.3) is 0 Å². The normalized spacial score (nSPS) is 25.1. The SMILES string of the molecule is CC1CC1Nc1ccccc1C(F)(F)F. The fourth-order valence-corrected chi connectivity index (χ4v) is 1.58. The fraction of sp³-hybridized carbons (Fsp3) is 0.455. The zero-order valence-electron chi connectivity index (χ0n) is 8.31. The predicted octanol–water partition coefficient (Wildman–Crippen LogP) is 3.53. The Bertz CT molecular complexity index is 359. The van der Waals surface area contributed by atoms with Crippen LogP contribution in [0, 0.1) is 5.92 Å². The Labute approximate surface area is 86.3 Å². The summed E-state index contributed by atoms with van der Waals surface area (Å²) >= 11 is 0. The van der Waals surface area contributed by atoms with Gasteiger partial charge in [-0.25, -0.2) is 0 Å². The van der Waals surface area contributed by atoms with Crippen LogP contribution in [0.2, 0.25) is 0 Å². The van der Waals surface area contributed by atoms with Gasteiger partial charge in [-0.15, -0.1) is 0 Å². The molecule has 0 saturated heterocycles. The van der Waals surface area contributed by atoms with Crippen molar-refractivity contribution in [3.05, 3.63) is 29.8 Å². The molecule has 82 valence electrons. The molecule has 0 aliphatic heterocycles. The smallest absolute Gasteiger partial charge is 0.382 e. The molecule has 1 aromatic rings. The van der Waals surface area contributed by atoms with Crippen molar-refractivity contribution in [2.75, 3.05) is 5.32 Å². The molecule has 1 fully saturated rings. The lowest BCUT2D eigenvalue weighted by Gasteiger charge is -2.13. The molecule has 1 saturated carbocycles. The van der Waals surface area contributed by atoms with Gasteiger partial charge in [0.1, 0.15) is 0 Å². The summed E-state index contributed by atoms with van der Waals surface area (Å²) < 4.78 is 37.7. The minimum absolute atomic E-state index is 0.194. The molecule has 1 aromatic carbocycles. The molecule has 0 heterocycles. The third-order valence-electron chi connectivity index (χ3n) is 2.68. The second kappa shape index (κ2) is 3.43. The summed E-state index contributed by atoms with van der Waals surface area (Å²) in [6.45, 7) is 2.02. The minimum Gasteiger partial charge on any atom is -0.382 e. The fourth-order valence-electron chi connectivity index (χ4n) is 1.58. The highest BCUT2D eigenvalue weighted by molar-refractivity contribution is 5.54. The van der Waals surface area contributed by atoms with E-state index >= 15 is 0 Å². The number of alkyl halides is 3. The van der Waals surface area contributed by atoms with Crippen molar-refractivity contribution in [2.45, 2.75) is 25.6 Å². The Hall–Kier alpha value is -1.19. The van der Waals surface area contributed by atoms with Crippen LogP contribution >= 0.6 is 0 Å². The average Bonchev–Trinajstić information content (AvgIpc) is 2.81. The van der Waals surface area contributed by atoms with E-state index in [1.54, 1.807) is 6.07 Å². The van der Waals surface area contributed by atoms with E-state index < -0.39 is 11.7 Å². The van der Waals surface area contributed by atoms with Gasteiger partial charge in [0.2, 0.25) is 0 Å². The minimum atomic E-state index is -4.28. The highest BCUT2D eigenvalue weighted by atomic mass is 19.4. The van der Waals surface area contributed by atoms with Gasteiger partial charge in [-0.2, -0.15) is 13.2 Å². The van der Waals surface area contributed by atoms with Gasteiger partial charge in [0.25, 0.3) is 0 Å². The van der Waals surface area contributed by atoms with Gasteiger partial charge in [-0.05, 0) is 24.5 Å². The Morgan fingerprint density at radius 1 is 1.27 bits per heavy atom. The summed E-state index contributed by atoms with van der Waals surface area (Å²) in [5.41, 5.74) is -0.386. The number of rotatable bonds is 2. The molecular weight excluding hydrogens is 203 g/mol. The summed E-state index contributed by atoms with van der Waals surface area (Å²) in [4.78, 5) is 0. The molecule has 0 bridgehead atoms. The topological polar surface area (TPSA) is 12.0 Å². The molecule has 1 aliphatic rings. The lowest BCUT2D eigenvalue weighted by Crippen LogP contribution is -2.12. The number of halogens is 3. The van der Waals surface area contributed by atoms with Gasteiger partial charge in [-0.3, -0.25) is 0 Å². The molecule has 4 heteroatoms. The quantitative estimate of drug-likeness (QED) is 0.795. The van der Waals surface area contributed by atoms with Crippen molar-refractivity contribution in [3.8, 4) is 0 Å². The molecule has 1 nitrogen and oxygen atoms in total. The highest BCUT2D eigenvalue weighted by Gasteiger charge is 2.37. The highest BCUT2D eigenvalue weighted by Crippen LogP contribution is 2.38. The van der Waals surface area contributed by atoms with E-state index in [4.69, 9.17) is 0 Å². The van der Waals surface area contributed by atoms with Crippen LogP contribution in [0.5, 0.6) is 0 Å². The van der Waals surface area contributed by atoms with Crippen molar-refractivity contribution < 1.29 is 13.2 Å². The number of benzene rings is 1. The van der Waals surface area contributed by atoms with E-state index in [-0.39, 0.29) is 11.7 Å². The molecule has 0 aromatic heterocycles. The maximum Gasteiger partial charge on any atom is 0.418 e. The average molecular weight is 215 g/mol. The molecule has 2 rings (SSSR count). The third kappa shape index (κ3) is 2.25. The summed E-state index contributed by atoms with van der Waals surface area (Å²) in [5, 5.41) is 2.92. The van der Waals surface area contributed by atoms with Gasteiger partial charge >= 0.3 is 6.18 Å². The van der Waals surface area contributed by atoms with E-state index in [1.165, 1.54) is 12.1 Å². The zero-order chi connectivity index (χ0) is 11.1. The van der Waals surface area contributed by atoms with Gasteiger partial charge < -0.3 is 5.32 Å². The van der Waals surface area contributed by atoms with Gasteiger partial charge in [0, 0.05) is 11.7 Å². The second-order valence-electron chi connectivity index (χ2n) is 4.01. The summed E-state index contributed by atoms with van der Waals surface area (Å²) in [6.07, 6.45) is -3.33. The maximum atomic E-state index is 12.6. The van der Waals surface area contributed by atoms with E-state index in [0.29, 0.717) is 5.92 Å². The van der Waals surface area contributed by atoms with Crippen molar-refractivity contribution in [1.82, 2.24) is 0 Å². The number of hydrogen-bond acceptors (Lipinski definition) is 1. The molecule has 0 spiro atoms. The molecule has 1 N–H and O–H groups in total. The van der Waals surface area contributed by atoms with Crippen LogP contribution in [0.1, 0.15) is 18.9 Å². The van der Waals surface area contributed by atoms with Crippen LogP contribution in [0.15, 0.2) is 24.3 Å². The second-order valence-corrected chi connectivity index (χ2v) is 4.01. The first-order valence-corrected chi connectivity index (χ1v) is 4.91. The van der Waals surface area contributed by atoms with Crippen LogP contribution in [-0.4, -0.2) is 6.04 Å². The summed E-state index contributed by atoms with van der Waals surface area (Å²) in [6, 6.07) is 5.81. The molecule has 1 aliphatic carbocycles. The van der Waals surface area contributed by atoms with Crippen LogP contribution in [-0.2, 0) is 6.18 Å². The number of anilines is 1. The monoisotopic (exact) mass is 215 g/mol. The molecule has 0 radical (unpaired) electrons. The van der Waals surface area contributed by atoms with E-state index in [1.807, 2.05) is 6.92 Å². The van der Waals surface area contributed by atoms with Gasteiger partial charge in [0.15, 0.2) is 0 Å². The van der Waals surface area contributed by atoms with Crippen molar-refractivity contribution >= 4 is 5.69 Å². The maximum absolute atomic E-state index is 12.6. The Morgan fingerprint density at radius 3 is 2.40 bits per heavy atom. The standard InChI is InChI=1S/C11H12F3N/c1-7-6-10(7)15-9-5-3-2-4-8(9)11(12,13)14/h2-5,7,10,15H,6H2,1H3. The number of nitrogens with one attached hydrogen (secondary N) is 1. The van der Waals surface area contributed by atoms with Crippen LogP contribution < -0.4 is 5.32 Å². The molecular formula is C11H12F3N.